The van der Waals surface area contributed by atoms with E-state index in [4.69, 9.17) is 0 Å². The van der Waals surface area contributed by atoms with E-state index in [2.05, 4.69) is 50.3 Å². The zero-order valence-electron chi connectivity index (χ0n) is 13.1. The van der Waals surface area contributed by atoms with Crippen LogP contribution in [-0.2, 0) is 6.54 Å². The summed E-state index contributed by atoms with van der Waals surface area (Å²) in [6.45, 7) is 1.06. The summed E-state index contributed by atoms with van der Waals surface area (Å²) in [6, 6.07) is 8.81. The van der Waals surface area contributed by atoms with Crippen LogP contribution in [0.2, 0.25) is 0 Å². The Morgan fingerprint density at radius 2 is 1.87 bits per heavy atom. The largest absolute Gasteiger partial charge is 0.337 e. The van der Waals surface area contributed by atoms with Crippen molar-refractivity contribution in [2.75, 3.05) is 0 Å². The monoisotopic (exact) mass is 307 g/mol. The highest BCUT2D eigenvalue weighted by atomic mass is 15.4. The lowest BCUT2D eigenvalue weighted by molar-refractivity contribution is 0.274. The van der Waals surface area contributed by atoms with Crippen molar-refractivity contribution in [1.82, 2.24) is 24.5 Å². The summed E-state index contributed by atoms with van der Waals surface area (Å²) in [5, 5.41) is 7.92. The summed E-state index contributed by atoms with van der Waals surface area (Å²) >= 11 is 0. The molecule has 0 saturated heterocycles. The smallest absolute Gasteiger partial charge is 0.0946 e. The Kier molecular flexibility index (Phi) is 3.92. The molecule has 1 aromatic carbocycles. The van der Waals surface area contributed by atoms with Crippen LogP contribution in [0.15, 0.2) is 55.4 Å². The highest BCUT2D eigenvalue weighted by molar-refractivity contribution is 5.35. The molecule has 0 aliphatic heterocycles. The lowest BCUT2D eigenvalue weighted by Gasteiger charge is -2.32. The summed E-state index contributed by atoms with van der Waals surface area (Å²) in [4.78, 5) is 4.17. The fraction of sp³-hybridized carbons (Fsp3) is 0.389. The van der Waals surface area contributed by atoms with E-state index in [0.29, 0.717) is 11.8 Å². The molecule has 1 saturated carbocycles. The fourth-order valence-corrected chi connectivity index (χ4v) is 3.75. The number of nitrogens with zero attached hydrogens (tertiary/aromatic N) is 5. The Morgan fingerprint density at radius 1 is 1.00 bits per heavy atom. The molecule has 0 bridgehead atoms. The van der Waals surface area contributed by atoms with Gasteiger partial charge in [-0.05, 0) is 42.4 Å². The van der Waals surface area contributed by atoms with Gasteiger partial charge in [-0.2, -0.15) is 0 Å². The maximum atomic E-state index is 4.17. The first-order valence-corrected chi connectivity index (χ1v) is 8.32. The lowest BCUT2D eigenvalue weighted by Crippen LogP contribution is -2.22. The zero-order chi connectivity index (χ0) is 15.5. The number of benzene rings is 1. The Hall–Kier alpha value is -2.43. The maximum absolute atomic E-state index is 4.17. The summed E-state index contributed by atoms with van der Waals surface area (Å²) in [7, 11) is 0. The molecule has 0 N–H and O–H groups in total. The van der Waals surface area contributed by atoms with Crippen LogP contribution in [0.25, 0.3) is 5.69 Å². The van der Waals surface area contributed by atoms with E-state index < -0.39 is 0 Å². The second-order valence-corrected chi connectivity index (χ2v) is 6.35. The normalized spacial score (nSPS) is 21.4. The predicted octanol–water partition coefficient (Wildman–Crippen LogP) is 3.44. The number of aromatic nitrogens is 5. The van der Waals surface area contributed by atoms with Gasteiger partial charge in [0.2, 0.25) is 0 Å². The van der Waals surface area contributed by atoms with E-state index in [9.17, 15) is 0 Å². The first-order chi connectivity index (χ1) is 11.4. The zero-order valence-corrected chi connectivity index (χ0v) is 13.1. The second-order valence-electron chi connectivity index (χ2n) is 6.35. The maximum Gasteiger partial charge on any atom is 0.0946 e. The van der Waals surface area contributed by atoms with Gasteiger partial charge in [0.1, 0.15) is 0 Å². The van der Waals surface area contributed by atoms with Crippen molar-refractivity contribution >= 4 is 0 Å². The predicted molar refractivity (Wildman–Crippen MR) is 88.3 cm³/mol. The molecule has 118 valence electrons. The van der Waals surface area contributed by atoms with Gasteiger partial charge in [-0.1, -0.05) is 30.2 Å². The van der Waals surface area contributed by atoms with Crippen molar-refractivity contribution < 1.29 is 0 Å². The van der Waals surface area contributed by atoms with Gasteiger partial charge in [0, 0.05) is 18.9 Å². The molecule has 2 heterocycles. The SMILES string of the molecule is c1cn(CC2CCCCC2c2ccc(-n3ccnn3)cc2)cn1. The van der Waals surface area contributed by atoms with Crippen LogP contribution < -0.4 is 0 Å². The molecule has 0 amide bonds. The van der Waals surface area contributed by atoms with Crippen molar-refractivity contribution in [2.45, 2.75) is 38.1 Å². The molecular formula is C18H21N5. The van der Waals surface area contributed by atoms with Gasteiger partial charge in [0.05, 0.1) is 24.4 Å². The Labute approximate surface area is 136 Å². The van der Waals surface area contributed by atoms with Gasteiger partial charge in [-0.3, -0.25) is 0 Å². The van der Waals surface area contributed by atoms with Gasteiger partial charge < -0.3 is 4.57 Å². The molecule has 0 radical (unpaired) electrons. The molecule has 5 nitrogen and oxygen atoms in total. The number of rotatable bonds is 4. The molecule has 0 spiro atoms. The molecule has 2 atom stereocenters. The first kappa shape index (κ1) is 14.2. The third-order valence-electron chi connectivity index (χ3n) is 4.92. The van der Waals surface area contributed by atoms with Crippen molar-refractivity contribution in [2.24, 2.45) is 5.92 Å². The lowest BCUT2D eigenvalue weighted by atomic mass is 9.75. The van der Waals surface area contributed by atoms with E-state index >= 15 is 0 Å². The summed E-state index contributed by atoms with van der Waals surface area (Å²) in [5.41, 5.74) is 2.51. The summed E-state index contributed by atoms with van der Waals surface area (Å²) in [5.74, 6) is 1.33. The van der Waals surface area contributed by atoms with E-state index in [1.807, 2.05) is 18.7 Å². The number of hydrogen-bond acceptors (Lipinski definition) is 3. The van der Waals surface area contributed by atoms with E-state index in [1.54, 1.807) is 10.9 Å². The molecule has 1 fully saturated rings. The van der Waals surface area contributed by atoms with Gasteiger partial charge in [0.25, 0.3) is 0 Å². The van der Waals surface area contributed by atoms with Crippen LogP contribution in [0.5, 0.6) is 0 Å². The van der Waals surface area contributed by atoms with E-state index in [-0.39, 0.29) is 0 Å². The minimum atomic E-state index is 0.635. The molecule has 23 heavy (non-hydrogen) atoms. The van der Waals surface area contributed by atoms with E-state index in [0.717, 1.165) is 12.2 Å². The van der Waals surface area contributed by atoms with Crippen LogP contribution in [0.4, 0.5) is 0 Å². The third kappa shape index (κ3) is 3.04. The second kappa shape index (κ2) is 6.36. The van der Waals surface area contributed by atoms with E-state index in [1.165, 1.54) is 31.2 Å². The van der Waals surface area contributed by atoms with Gasteiger partial charge in [-0.25, -0.2) is 9.67 Å². The molecule has 1 aliphatic carbocycles. The Morgan fingerprint density at radius 3 is 2.61 bits per heavy atom. The van der Waals surface area contributed by atoms with Crippen LogP contribution in [-0.4, -0.2) is 24.5 Å². The highest BCUT2D eigenvalue weighted by Gasteiger charge is 2.26. The average molecular weight is 307 g/mol. The van der Waals surface area contributed by atoms with Gasteiger partial charge in [-0.15, -0.1) is 5.10 Å². The Balaban J connectivity index is 1.54. The average Bonchev–Trinajstić information content (AvgIpc) is 3.29. The molecule has 2 aromatic heterocycles. The number of imidazole rings is 1. The molecule has 4 rings (SSSR count). The topological polar surface area (TPSA) is 48.5 Å². The molecule has 1 aliphatic rings. The first-order valence-electron chi connectivity index (χ1n) is 8.32. The fourth-order valence-electron chi connectivity index (χ4n) is 3.75. The van der Waals surface area contributed by atoms with Crippen molar-refractivity contribution in [3.8, 4) is 5.69 Å². The third-order valence-corrected chi connectivity index (χ3v) is 4.92. The minimum Gasteiger partial charge on any atom is -0.337 e. The van der Waals surface area contributed by atoms with Crippen LogP contribution in [0.1, 0.15) is 37.2 Å². The minimum absolute atomic E-state index is 0.635. The van der Waals surface area contributed by atoms with Crippen molar-refractivity contribution in [1.29, 1.82) is 0 Å². The van der Waals surface area contributed by atoms with Crippen LogP contribution >= 0.6 is 0 Å². The standard InChI is InChI=1S/C18H21N5/c1-2-4-18(16(3-1)13-22-11-9-19-14-22)15-5-7-17(8-6-15)23-12-10-20-21-23/h5-12,14,16,18H,1-4,13H2. The molecule has 5 heteroatoms. The molecular weight excluding hydrogens is 286 g/mol. The van der Waals surface area contributed by atoms with Crippen molar-refractivity contribution in [3.05, 3.63) is 60.9 Å². The summed E-state index contributed by atoms with van der Waals surface area (Å²) in [6.07, 6.45) is 14.7. The van der Waals surface area contributed by atoms with Gasteiger partial charge >= 0.3 is 0 Å². The van der Waals surface area contributed by atoms with Crippen LogP contribution in [0, 0.1) is 5.92 Å². The quantitative estimate of drug-likeness (QED) is 0.742. The number of hydrogen-bond donors (Lipinski definition) is 0. The highest BCUT2D eigenvalue weighted by Crippen LogP contribution is 2.38. The van der Waals surface area contributed by atoms with Gasteiger partial charge in [0.15, 0.2) is 0 Å². The van der Waals surface area contributed by atoms with Crippen molar-refractivity contribution in [3.63, 3.8) is 0 Å². The Bertz CT molecular complexity index is 715. The molecule has 3 aromatic rings. The van der Waals surface area contributed by atoms with Crippen LogP contribution in [0.3, 0.4) is 0 Å². The summed E-state index contributed by atoms with van der Waals surface area (Å²) < 4.78 is 4.01. The molecule has 2 unspecified atom stereocenters.